The molecule has 86 valence electrons. The predicted octanol–water partition coefficient (Wildman–Crippen LogP) is 2.62. The molecule has 0 spiro atoms. The molecule has 3 nitrogen and oxygen atoms in total. The van der Waals surface area contributed by atoms with Gasteiger partial charge >= 0.3 is 0 Å². The van der Waals surface area contributed by atoms with E-state index in [0.29, 0.717) is 12.2 Å². The van der Waals surface area contributed by atoms with Crippen molar-refractivity contribution in [3.63, 3.8) is 0 Å². The van der Waals surface area contributed by atoms with Crippen LogP contribution in [0.2, 0.25) is 0 Å². The largest absolute Gasteiger partial charge is 0.497 e. The van der Waals surface area contributed by atoms with Crippen LogP contribution in [-0.4, -0.2) is 18.9 Å². The molecule has 1 aromatic rings. The molecule has 0 bridgehead atoms. The van der Waals surface area contributed by atoms with Crippen LogP contribution in [0.1, 0.15) is 25.7 Å². The topological polar surface area (TPSA) is 38.3 Å². The molecule has 1 aliphatic carbocycles. The predicted molar refractivity (Wildman–Crippen MR) is 63.9 cm³/mol. The first-order valence-corrected chi connectivity index (χ1v) is 5.73. The number of hydrogen-bond acceptors (Lipinski definition) is 3. The van der Waals surface area contributed by atoms with Gasteiger partial charge in [-0.3, -0.25) is 4.79 Å². The number of anilines is 1. The number of Topliss-reactive ketones (excluding diaryl/α,β-unsaturated/α-hetero) is 1. The van der Waals surface area contributed by atoms with E-state index in [-0.39, 0.29) is 6.04 Å². The molecule has 0 amide bonds. The molecule has 0 aliphatic heterocycles. The lowest BCUT2D eigenvalue weighted by atomic mass is 9.94. The molecular formula is C13H17NO2. The number of nitrogens with one attached hydrogen (secondary N) is 1. The summed E-state index contributed by atoms with van der Waals surface area (Å²) in [4.78, 5) is 11.6. The first-order valence-electron chi connectivity index (χ1n) is 5.73. The highest BCUT2D eigenvalue weighted by Crippen LogP contribution is 2.21. The summed E-state index contributed by atoms with van der Waals surface area (Å²) in [7, 11) is 1.65. The van der Waals surface area contributed by atoms with Crippen LogP contribution in [0.5, 0.6) is 5.75 Å². The zero-order valence-electron chi connectivity index (χ0n) is 9.53. The average Bonchev–Trinajstić information content (AvgIpc) is 2.33. The quantitative estimate of drug-likeness (QED) is 0.849. The molecule has 16 heavy (non-hydrogen) atoms. The van der Waals surface area contributed by atoms with Gasteiger partial charge in [-0.25, -0.2) is 0 Å². The minimum Gasteiger partial charge on any atom is -0.497 e. The second kappa shape index (κ2) is 5.01. The molecule has 3 heteroatoms. The van der Waals surface area contributed by atoms with Gasteiger partial charge in [0.25, 0.3) is 0 Å². The smallest absolute Gasteiger partial charge is 0.155 e. The van der Waals surface area contributed by atoms with Crippen LogP contribution in [0.3, 0.4) is 0 Å². The van der Waals surface area contributed by atoms with E-state index in [9.17, 15) is 4.79 Å². The number of ketones is 1. The van der Waals surface area contributed by atoms with Gasteiger partial charge in [0.05, 0.1) is 13.2 Å². The van der Waals surface area contributed by atoms with Gasteiger partial charge in [0.1, 0.15) is 5.75 Å². The number of rotatable bonds is 3. The first-order chi connectivity index (χ1) is 7.79. The number of methoxy groups -OCH3 is 1. The second-order valence-electron chi connectivity index (χ2n) is 4.14. The minimum atomic E-state index is 0.00199. The second-order valence-corrected chi connectivity index (χ2v) is 4.14. The Bertz CT molecular complexity index is 359. The van der Waals surface area contributed by atoms with E-state index >= 15 is 0 Å². The normalized spacial score (nSPS) is 20.6. The number of hydrogen-bond donors (Lipinski definition) is 1. The number of ether oxygens (including phenoxy) is 1. The summed E-state index contributed by atoms with van der Waals surface area (Å²) in [6.07, 6.45) is 3.85. The molecule has 0 aromatic heterocycles. The fourth-order valence-electron chi connectivity index (χ4n) is 2.02. The third-order valence-electron chi connectivity index (χ3n) is 2.99. The Kier molecular flexibility index (Phi) is 3.44. The fourth-order valence-corrected chi connectivity index (χ4v) is 2.02. The van der Waals surface area contributed by atoms with Crippen molar-refractivity contribution >= 4 is 11.5 Å². The lowest BCUT2D eigenvalue weighted by molar-refractivity contribution is -0.121. The van der Waals surface area contributed by atoms with Crippen LogP contribution in [0, 0.1) is 0 Å². The molecule has 1 fully saturated rings. The summed E-state index contributed by atoms with van der Waals surface area (Å²) in [5.74, 6) is 1.17. The molecule has 1 saturated carbocycles. The fraction of sp³-hybridized carbons (Fsp3) is 0.462. The van der Waals surface area contributed by atoms with Gasteiger partial charge in [-0.2, -0.15) is 0 Å². The maximum Gasteiger partial charge on any atom is 0.155 e. The summed E-state index contributed by atoms with van der Waals surface area (Å²) in [6, 6.07) is 7.69. The van der Waals surface area contributed by atoms with Crippen molar-refractivity contribution in [2.24, 2.45) is 0 Å². The van der Waals surface area contributed by atoms with E-state index in [2.05, 4.69) is 5.32 Å². The Labute approximate surface area is 95.8 Å². The SMILES string of the molecule is COc1ccc(N[C@H]2CCCCC2=O)cc1. The molecule has 0 radical (unpaired) electrons. The molecule has 1 aliphatic rings. The Morgan fingerprint density at radius 3 is 2.62 bits per heavy atom. The molecular weight excluding hydrogens is 202 g/mol. The third-order valence-corrected chi connectivity index (χ3v) is 2.99. The minimum absolute atomic E-state index is 0.00199. The Balaban J connectivity index is 1.99. The van der Waals surface area contributed by atoms with Crippen LogP contribution in [0.4, 0.5) is 5.69 Å². The van der Waals surface area contributed by atoms with E-state index in [1.807, 2.05) is 24.3 Å². The monoisotopic (exact) mass is 219 g/mol. The summed E-state index contributed by atoms with van der Waals surface area (Å²) >= 11 is 0. The molecule has 1 N–H and O–H groups in total. The Hall–Kier alpha value is -1.51. The summed E-state index contributed by atoms with van der Waals surface area (Å²) in [5.41, 5.74) is 0.987. The first kappa shape index (κ1) is 11.0. The zero-order valence-corrected chi connectivity index (χ0v) is 9.53. The van der Waals surface area contributed by atoms with Gasteiger partial charge in [-0.1, -0.05) is 6.42 Å². The van der Waals surface area contributed by atoms with Crippen LogP contribution in [0.15, 0.2) is 24.3 Å². The van der Waals surface area contributed by atoms with Crippen LogP contribution in [-0.2, 0) is 4.79 Å². The summed E-state index contributed by atoms with van der Waals surface area (Å²) in [5, 5.41) is 3.28. The Morgan fingerprint density at radius 1 is 1.25 bits per heavy atom. The van der Waals surface area contributed by atoms with Crippen LogP contribution < -0.4 is 10.1 Å². The van der Waals surface area contributed by atoms with Gasteiger partial charge in [0.15, 0.2) is 5.78 Å². The van der Waals surface area contributed by atoms with E-state index in [1.165, 1.54) is 0 Å². The molecule has 0 saturated heterocycles. The van der Waals surface area contributed by atoms with Gasteiger partial charge in [-0.15, -0.1) is 0 Å². The highest BCUT2D eigenvalue weighted by molar-refractivity contribution is 5.87. The highest BCUT2D eigenvalue weighted by Gasteiger charge is 2.21. The molecule has 1 atom stereocenters. The van der Waals surface area contributed by atoms with E-state index in [0.717, 1.165) is 30.7 Å². The maximum absolute atomic E-state index is 11.6. The van der Waals surface area contributed by atoms with Gasteiger partial charge in [0.2, 0.25) is 0 Å². The van der Waals surface area contributed by atoms with Crippen molar-refractivity contribution in [2.45, 2.75) is 31.7 Å². The lowest BCUT2D eigenvalue weighted by Gasteiger charge is -2.22. The van der Waals surface area contributed by atoms with Crippen molar-refractivity contribution in [3.05, 3.63) is 24.3 Å². The molecule has 0 unspecified atom stereocenters. The average molecular weight is 219 g/mol. The van der Waals surface area contributed by atoms with Crippen molar-refractivity contribution in [1.29, 1.82) is 0 Å². The van der Waals surface area contributed by atoms with Crippen molar-refractivity contribution < 1.29 is 9.53 Å². The number of carbonyl (C=O) groups excluding carboxylic acids is 1. The van der Waals surface area contributed by atoms with E-state index in [1.54, 1.807) is 7.11 Å². The standard InChI is InChI=1S/C13H17NO2/c1-16-11-8-6-10(7-9-11)14-12-4-2-3-5-13(12)15/h6-9,12,14H,2-5H2,1H3/t12-/m0/s1. The summed E-state index contributed by atoms with van der Waals surface area (Å²) < 4.78 is 5.09. The summed E-state index contributed by atoms with van der Waals surface area (Å²) in [6.45, 7) is 0. The van der Waals surface area contributed by atoms with Gasteiger partial charge < -0.3 is 10.1 Å². The molecule has 0 heterocycles. The number of carbonyl (C=O) groups is 1. The molecule has 2 rings (SSSR count). The van der Waals surface area contributed by atoms with Gasteiger partial charge in [0, 0.05) is 12.1 Å². The van der Waals surface area contributed by atoms with Gasteiger partial charge in [-0.05, 0) is 37.1 Å². The van der Waals surface area contributed by atoms with E-state index in [4.69, 9.17) is 4.74 Å². The van der Waals surface area contributed by atoms with Crippen molar-refractivity contribution in [3.8, 4) is 5.75 Å². The zero-order chi connectivity index (χ0) is 11.4. The third kappa shape index (κ3) is 2.54. The lowest BCUT2D eigenvalue weighted by Crippen LogP contribution is -2.32. The van der Waals surface area contributed by atoms with Crippen LogP contribution >= 0.6 is 0 Å². The van der Waals surface area contributed by atoms with Crippen molar-refractivity contribution in [2.75, 3.05) is 12.4 Å². The highest BCUT2D eigenvalue weighted by atomic mass is 16.5. The van der Waals surface area contributed by atoms with Crippen LogP contribution in [0.25, 0.3) is 0 Å². The Morgan fingerprint density at radius 2 is 2.00 bits per heavy atom. The van der Waals surface area contributed by atoms with Crippen molar-refractivity contribution in [1.82, 2.24) is 0 Å². The maximum atomic E-state index is 11.6. The van der Waals surface area contributed by atoms with E-state index < -0.39 is 0 Å². The molecule has 1 aromatic carbocycles. The number of benzene rings is 1.